The molecule has 0 rings (SSSR count). The van der Waals surface area contributed by atoms with E-state index in [0.29, 0.717) is 5.25 Å². The highest BCUT2D eigenvalue weighted by molar-refractivity contribution is 7.99. The molecule has 0 spiro atoms. The second-order valence-electron chi connectivity index (χ2n) is 3.96. The van der Waals surface area contributed by atoms with Gasteiger partial charge in [-0.1, -0.05) is 13.8 Å². The molecule has 0 saturated carbocycles. The summed E-state index contributed by atoms with van der Waals surface area (Å²) in [6.45, 7) is 6.21. The maximum Gasteiger partial charge on any atom is 0.325 e. The summed E-state index contributed by atoms with van der Waals surface area (Å²) in [5.41, 5.74) is -0.561. The van der Waals surface area contributed by atoms with E-state index in [1.807, 2.05) is 18.7 Å². The van der Waals surface area contributed by atoms with Crippen LogP contribution >= 0.6 is 11.8 Å². The number of esters is 1. The second kappa shape index (κ2) is 7.12. The van der Waals surface area contributed by atoms with Crippen LogP contribution in [0.4, 0.5) is 0 Å². The molecule has 3 nitrogen and oxygen atoms in total. The molecule has 0 heterocycles. The third-order valence-electron chi connectivity index (χ3n) is 2.49. The Bertz CT molecular complexity index is 199. The van der Waals surface area contributed by atoms with Gasteiger partial charge in [0.1, 0.15) is 5.54 Å². The van der Waals surface area contributed by atoms with E-state index in [4.69, 9.17) is 4.74 Å². The van der Waals surface area contributed by atoms with Crippen molar-refractivity contribution in [2.45, 2.75) is 44.4 Å². The van der Waals surface area contributed by atoms with Gasteiger partial charge in [0, 0.05) is 5.25 Å². The van der Waals surface area contributed by atoms with Crippen LogP contribution in [-0.2, 0) is 9.53 Å². The molecule has 15 heavy (non-hydrogen) atoms. The number of hydrogen-bond donors (Lipinski definition) is 1. The van der Waals surface area contributed by atoms with E-state index in [2.05, 4.69) is 19.2 Å². The van der Waals surface area contributed by atoms with Crippen molar-refractivity contribution in [2.24, 2.45) is 0 Å². The highest BCUT2D eigenvalue weighted by Gasteiger charge is 2.34. The zero-order valence-electron chi connectivity index (χ0n) is 10.4. The molecule has 4 heteroatoms. The van der Waals surface area contributed by atoms with Gasteiger partial charge in [-0.3, -0.25) is 4.79 Å². The van der Waals surface area contributed by atoms with Crippen LogP contribution in [0.2, 0.25) is 0 Å². The molecule has 0 fully saturated rings. The maximum atomic E-state index is 11.6. The molecule has 0 aromatic rings. The molecule has 90 valence electrons. The first-order valence-corrected chi connectivity index (χ1v) is 6.44. The van der Waals surface area contributed by atoms with Crippen molar-refractivity contribution in [3.63, 3.8) is 0 Å². The van der Waals surface area contributed by atoms with Gasteiger partial charge in [-0.05, 0) is 32.6 Å². The van der Waals surface area contributed by atoms with Gasteiger partial charge in [0.15, 0.2) is 0 Å². The summed E-state index contributed by atoms with van der Waals surface area (Å²) in [5.74, 6) is 0.955. The zero-order chi connectivity index (χ0) is 11.9. The van der Waals surface area contributed by atoms with E-state index in [0.717, 1.165) is 12.2 Å². The number of carbonyl (C=O) groups excluding carboxylic acids is 1. The summed E-state index contributed by atoms with van der Waals surface area (Å²) < 4.78 is 4.80. The molecular formula is C11H23NO2S. The second-order valence-corrected chi connectivity index (χ2v) is 5.51. The Kier molecular flexibility index (Phi) is 7.02. The Hall–Kier alpha value is -0.220. The zero-order valence-corrected chi connectivity index (χ0v) is 11.2. The predicted octanol–water partition coefficient (Wildman–Crippen LogP) is 2.06. The lowest BCUT2D eigenvalue weighted by Gasteiger charge is -2.28. The first-order valence-electron chi connectivity index (χ1n) is 5.39. The number of thioether (sulfide) groups is 1. The molecule has 1 N–H and O–H groups in total. The Morgan fingerprint density at radius 2 is 2.20 bits per heavy atom. The smallest absolute Gasteiger partial charge is 0.325 e. The summed E-state index contributed by atoms with van der Waals surface area (Å²) in [4.78, 5) is 11.6. The lowest BCUT2D eigenvalue weighted by molar-refractivity contribution is -0.147. The van der Waals surface area contributed by atoms with Gasteiger partial charge in [-0.15, -0.1) is 0 Å². The van der Waals surface area contributed by atoms with Gasteiger partial charge in [0.05, 0.1) is 7.11 Å². The first-order chi connectivity index (χ1) is 7.00. The minimum absolute atomic E-state index is 0.186. The SMILES string of the molecule is CCCSC(C)CC(C)(NC)C(=O)OC. The maximum absolute atomic E-state index is 11.6. The fraction of sp³-hybridized carbons (Fsp3) is 0.909. The van der Waals surface area contributed by atoms with E-state index in [-0.39, 0.29) is 5.97 Å². The minimum atomic E-state index is -0.561. The summed E-state index contributed by atoms with van der Waals surface area (Å²) in [5, 5.41) is 3.51. The Morgan fingerprint density at radius 3 is 2.60 bits per heavy atom. The van der Waals surface area contributed by atoms with Crippen LogP contribution in [0.15, 0.2) is 0 Å². The van der Waals surface area contributed by atoms with Crippen LogP contribution in [0.25, 0.3) is 0 Å². The van der Waals surface area contributed by atoms with Gasteiger partial charge in [-0.25, -0.2) is 0 Å². The Balaban J connectivity index is 4.23. The van der Waals surface area contributed by atoms with Gasteiger partial charge in [0.25, 0.3) is 0 Å². The van der Waals surface area contributed by atoms with Crippen molar-refractivity contribution >= 4 is 17.7 Å². The largest absolute Gasteiger partial charge is 0.468 e. The molecule has 0 radical (unpaired) electrons. The van der Waals surface area contributed by atoms with Crippen molar-refractivity contribution in [3.05, 3.63) is 0 Å². The standard InChI is InChI=1S/C11H23NO2S/c1-6-7-15-9(2)8-11(3,12-4)10(13)14-5/h9,12H,6-8H2,1-5H3. The quantitative estimate of drug-likeness (QED) is 0.683. The Labute approximate surface area is 97.3 Å². The molecule has 0 amide bonds. The fourth-order valence-corrected chi connectivity index (χ4v) is 2.55. The van der Waals surface area contributed by atoms with Crippen LogP contribution in [0.3, 0.4) is 0 Å². The van der Waals surface area contributed by atoms with Crippen LogP contribution in [-0.4, -0.2) is 36.7 Å². The molecule has 0 bridgehead atoms. The lowest BCUT2D eigenvalue weighted by atomic mass is 9.96. The summed E-state index contributed by atoms with van der Waals surface area (Å²) in [6, 6.07) is 0. The molecular weight excluding hydrogens is 210 g/mol. The summed E-state index contributed by atoms with van der Waals surface area (Å²) in [7, 11) is 3.23. The normalized spacial score (nSPS) is 16.9. The van der Waals surface area contributed by atoms with Crippen LogP contribution in [0.1, 0.15) is 33.6 Å². The van der Waals surface area contributed by atoms with E-state index < -0.39 is 5.54 Å². The van der Waals surface area contributed by atoms with E-state index >= 15 is 0 Å². The van der Waals surface area contributed by atoms with Crippen molar-refractivity contribution in [2.75, 3.05) is 19.9 Å². The molecule has 2 unspecified atom stereocenters. The number of carbonyl (C=O) groups is 1. The van der Waals surface area contributed by atoms with Crippen molar-refractivity contribution < 1.29 is 9.53 Å². The summed E-state index contributed by atoms with van der Waals surface area (Å²) in [6.07, 6.45) is 1.96. The third-order valence-corrected chi connectivity index (χ3v) is 3.87. The average molecular weight is 233 g/mol. The molecule has 0 aliphatic heterocycles. The van der Waals surface area contributed by atoms with E-state index in [1.165, 1.54) is 13.5 Å². The van der Waals surface area contributed by atoms with Gasteiger partial charge < -0.3 is 10.1 Å². The van der Waals surface area contributed by atoms with Crippen molar-refractivity contribution in [1.82, 2.24) is 5.32 Å². The highest BCUT2D eigenvalue weighted by Crippen LogP contribution is 2.23. The monoisotopic (exact) mass is 233 g/mol. The molecule has 0 aromatic carbocycles. The van der Waals surface area contributed by atoms with Gasteiger partial charge in [0.2, 0.25) is 0 Å². The van der Waals surface area contributed by atoms with E-state index in [1.54, 1.807) is 7.05 Å². The number of likely N-dealkylation sites (N-methyl/N-ethyl adjacent to an activating group) is 1. The number of hydrogen-bond acceptors (Lipinski definition) is 4. The van der Waals surface area contributed by atoms with Crippen molar-refractivity contribution in [1.29, 1.82) is 0 Å². The predicted molar refractivity (Wildman–Crippen MR) is 66.3 cm³/mol. The van der Waals surface area contributed by atoms with Gasteiger partial charge in [-0.2, -0.15) is 11.8 Å². The molecule has 0 saturated heterocycles. The van der Waals surface area contributed by atoms with Crippen molar-refractivity contribution in [3.8, 4) is 0 Å². The topological polar surface area (TPSA) is 38.3 Å². The van der Waals surface area contributed by atoms with Gasteiger partial charge >= 0.3 is 5.97 Å². The lowest BCUT2D eigenvalue weighted by Crippen LogP contribution is -2.49. The molecule has 0 aliphatic carbocycles. The highest BCUT2D eigenvalue weighted by atomic mass is 32.2. The number of rotatable bonds is 7. The number of nitrogens with one attached hydrogen (secondary N) is 1. The Morgan fingerprint density at radius 1 is 1.60 bits per heavy atom. The van der Waals surface area contributed by atoms with Crippen LogP contribution in [0.5, 0.6) is 0 Å². The molecule has 2 atom stereocenters. The van der Waals surface area contributed by atoms with Crippen LogP contribution < -0.4 is 5.32 Å². The third kappa shape index (κ3) is 4.89. The first kappa shape index (κ1) is 14.8. The average Bonchev–Trinajstić information content (AvgIpc) is 2.24. The van der Waals surface area contributed by atoms with E-state index in [9.17, 15) is 4.79 Å². The molecule has 0 aromatic heterocycles. The summed E-state index contributed by atoms with van der Waals surface area (Å²) >= 11 is 1.90. The number of methoxy groups -OCH3 is 1. The molecule has 0 aliphatic rings. The minimum Gasteiger partial charge on any atom is -0.468 e. The number of ether oxygens (including phenoxy) is 1. The van der Waals surface area contributed by atoms with Crippen LogP contribution in [0, 0.1) is 0 Å². The fourth-order valence-electron chi connectivity index (χ4n) is 1.47.